The van der Waals surface area contributed by atoms with Crippen LogP contribution in [-0.4, -0.2) is 28.5 Å². The van der Waals surface area contributed by atoms with Crippen LogP contribution in [0, 0.1) is 6.92 Å². The van der Waals surface area contributed by atoms with Crippen LogP contribution in [0.5, 0.6) is 0 Å². The number of aromatic nitrogens is 2. The van der Waals surface area contributed by atoms with Gasteiger partial charge in [-0.05, 0) is 42.8 Å². The average Bonchev–Trinajstić information content (AvgIpc) is 3.23. The first-order chi connectivity index (χ1) is 14.5. The van der Waals surface area contributed by atoms with Crippen molar-refractivity contribution in [2.45, 2.75) is 30.8 Å². The zero-order valence-electron chi connectivity index (χ0n) is 16.0. The topological polar surface area (TPSA) is 102 Å². The van der Waals surface area contributed by atoms with Crippen molar-refractivity contribution in [3.8, 4) is 0 Å². The molecule has 0 amide bonds. The molecule has 0 aliphatic heterocycles. The minimum Gasteiger partial charge on any atom is -0.481 e. The van der Waals surface area contributed by atoms with Gasteiger partial charge in [0.2, 0.25) is 0 Å². The molecule has 4 rings (SSSR count). The zero-order chi connectivity index (χ0) is 22.6. The third kappa shape index (κ3) is 3.76. The lowest BCUT2D eigenvalue weighted by molar-refractivity contribution is -0.138. The van der Waals surface area contributed by atoms with Crippen molar-refractivity contribution >= 4 is 38.0 Å². The van der Waals surface area contributed by atoms with E-state index in [1.165, 1.54) is 24.3 Å². The first-order valence-corrected chi connectivity index (χ1v) is 10.5. The fourth-order valence-corrected chi connectivity index (χ4v) is 4.99. The van der Waals surface area contributed by atoms with E-state index in [1.807, 2.05) is 0 Å². The number of carboxylic acid groups (broad SMARTS) is 1. The van der Waals surface area contributed by atoms with Crippen molar-refractivity contribution in [2.75, 3.05) is 0 Å². The molecular formula is C20H15F3N2O5S. The van der Waals surface area contributed by atoms with Crippen molar-refractivity contribution < 1.29 is 35.9 Å². The van der Waals surface area contributed by atoms with Gasteiger partial charge >= 0.3 is 12.1 Å². The molecule has 0 spiro atoms. The number of carboxylic acids is 1. The average molecular weight is 452 g/mol. The molecule has 11 heteroatoms. The summed E-state index contributed by atoms with van der Waals surface area (Å²) in [5.41, 5.74) is -0.165. The molecule has 0 fully saturated rings. The first-order valence-electron chi connectivity index (χ1n) is 9.03. The van der Waals surface area contributed by atoms with Crippen LogP contribution < -0.4 is 0 Å². The van der Waals surface area contributed by atoms with E-state index in [0.29, 0.717) is 11.4 Å². The summed E-state index contributed by atoms with van der Waals surface area (Å²) in [4.78, 5) is 15.0. The van der Waals surface area contributed by atoms with Gasteiger partial charge in [-0.25, -0.2) is 17.4 Å². The number of oxazole rings is 1. The van der Waals surface area contributed by atoms with Crippen LogP contribution in [0.1, 0.15) is 23.6 Å². The number of hydrogen-bond acceptors (Lipinski definition) is 5. The molecule has 0 saturated heterocycles. The summed E-state index contributed by atoms with van der Waals surface area (Å²) in [5, 5.41) is 9.04. The molecule has 31 heavy (non-hydrogen) atoms. The normalized spacial score (nSPS) is 12.6. The Labute approximate surface area is 173 Å². The number of fused-ring (bicyclic) bond motifs is 2. The smallest absolute Gasteiger partial charge is 0.416 e. The standard InChI is InChI=1S/C20H15F3N2O5S/c1-11-24-16-5-4-15(10-18(16)30-11)31(28,29)25-14(3-7-19(26)27)9-12-8-13(20(21,22)23)2-6-17(12)25/h2,4-6,8-10H,3,7H2,1H3,(H,26,27). The highest BCUT2D eigenvalue weighted by atomic mass is 32.2. The van der Waals surface area contributed by atoms with Gasteiger partial charge in [-0.15, -0.1) is 0 Å². The fourth-order valence-electron chi connectivity index (χ4n) is 3.40. The highest BCUT2D eigenvalue weighted by Gasteiger charge is 2.32. The van der Waals surface area contributed by atoms with Gasteiger partial charge in [0.15, 0.2) is 11.5 Å². The number of nitrogens with zero attached hydrogens (tertiary/aromatic N) is 2. The van der Waals surface area contributed by atoms with Crippen LogP contribution in [0.3, 0.4) is 0 Å². The van der Waals surface area contributed by atoms with E-state index in [9.17, 15) is 26.4 Å². The molecular weight excluding hydrogens is 437 g/mol. The fraction of sp³-hybridized carbons (Fsp3) is 0.200. The van der Waals surface area contributed by atoms with Gasteiger partial charge in [0.25, 0.3) is 10.0 Å². The molecule has 2 aromatic heterocycles. The molecule has 0 aliphatic carbocycles. The van der Waals surface area contributed by atoms with Gasteiger partial charge in [-0.2, -0.15) is 13.2 Å². The molecule has 0 saturated carbocycles. The van der Waals surface area contributed by atoms with Crippen molar-refractivity contribution in [2.24, 2.45) is 0 Å². The van der Waals surface area contributed by atoms with Crippen molar-refractivity contribution in [3.63, 3.8) is 0 Å². The molecule has 0 unspecified atom stereocenters. The number of aryl methyl sites for hydroxylation is 2. The van der Waals surface area contributed by atoms with E-state index in [2.05, 4.69) is 4.98 Å². The Bertz CT molecular complexity index is 1430. The maximum atomic E-state index is 13.4. The molecule has 2 aromatic carbocycles. The van der Waals surface area contributed by atoms with Crippen LogP contribution in [0.15, 0.2) is 51.8 Å². The third-order valence-electron chi connectivity index (χ3n) is 4.76. The van der Waals surface area contributed by atoms with E-state index < -0.39 is 34.2 Å². The second-order valence-corrected chi connectivity index (χ2v) is 8.72. The quantitative estimate of drug-likeness (QED) is 0.483. The van der Waals surface area contributed by atoms with E-state index in [1.54, 1.807) is 6.92 Å². The van der Waals surface area contributed by atoms with Crippen molar-refractivity contribution in [3.05, 3.63) is 59.6 Å². The second-order valence-electron chi connectivity index (χ2n) is 6.93. The Balaban J connectivity index is 1.93. The molecule has 4 aromatic rings. The minimum atomic E-state index is -4.61. The summed E-state index contributed by atoms with van der Waals surface area (Å²) in [6.45, 7) is 1.61. The van der Waals surface area contributed by atoms with Gasteiger partial charge in [0.1, 0.15) is 5.52 Å². The zero-order valence-corrected chi connectivity index (χ0v) is 16.8. The monoisotopic (exact) mass is 452 g/mol. The predicted molar refractivity (Wildman–Crippen MR) is 104 cm³/mol. The summed E-state index contributed by atoms with van der Waals surface area (Å²) >= 11 is 0. The van der Waals surface area contributed by atoms with Gasteiger partial charge in [-0.3, -0.25) is 4.79 Å². The minimum absolute atomic E-state index is 0.0160. The van der Waals surface area contributed by atoms with Crippen LogP contribution in [-0.2, 0) is 27.4 Å². The Morgan fingerprint density at radius 2 is 1.90 bits per heavy atom. The Hall–Kier alpha value is -3.34. The van der Waals surface area contributed by atoms with Crippen LogP contribution >= 0.6 is 0 Å². The number of halogens is 3. The summed E-state index contributed by atoms with van der Waals surface area (Å²) in [6.07, 6.45) is -5.18. The van der Waals surface area contributed by atoms with Crippen LogP contribution in [0.4, 0.5) is 13.2 Å². The number of aliphatic carboxylic acids is 1. The third-order valence-corrected chi connectivity index (χ3v) is 6.52. The Morgan fingerprint density at radius 3 is 2.58 bits per heavy atom. The lowest BCUT2D eigenvalue weighted by Crippen LogP contribution is -2.16. The molecule has 0 aliphatic rings. The molecule has 1 N–H and O–H groups in total. The summed E-state index contributed by atoms with van der Waals surface area (Å²) in [6, 6.07) is 8.02. The molecule has 0 bridgehead atoms. The summed E-state index contributed by atoms with van der Waals surface area (Å²) < 4.78 is 72.5. The lowest BCUT2D eigenvalue weighted by Gasteiger charge is -2.12. The first kappa shape index (κ1) is 20.9. The van der Waals surface area contributed by atoms with E-state index in [-0.39, 0.29) is 33.5 Å². The Kier molecular flexibility index (Phi) is 4.80. The van der Waals surface area contributed by atoms with E-state index >= 15 is 0 Å². The molecule has 2 heterocycles. The van der Waals surface area contributed by atoms with Gasteiger partial charge in [-0.1, -0.05) is 0 Å². The van der Waals surface area contributed by atoms with Gasteiger partial charge in [0, 0.05) is 24.1 Å². The number of benzene rings is 2. The van der Waals surface area contributed by atoms with Gasteiger partial charge < -0.3 is 9.52 Å². The van der Waals surface area contributed by atoms with Gasteiger partial charge in [0.05, 0.1) is 22.4 Å². The van der Waals surface area contributed by atoms with Crippen molar-refractivity contribution in [1.82, 2.24) is 8.96 Å². The molecule has 162 valence electrons. The SMILES string of the molecule is Cc1nc2ccc(S(=O)(=O)n3c(CCC(=O)O)cc4cc(C(F)(F)F)ccc43)cc2o1. The highest BCUT2D eigenvalue weighted by molar-refractivity contribution is 7.90. The van der Waals surface area contributed by atoms with E-state index in [4.69, 9.17) is 9.52 Å². The molecule has 0 radical (unpaired) electrons. The number of alkyl halides is 3. The second kappa shape index (κ2) is 7.12. The lowest BCUT2D eigenvalue weighted by atomic mass is 10.1. The number of carbonyl (C=O) groups is 1. The largest absolute Gasteiger partial charge is 0.481 e. The highest BCUT2D eigenvalue weighted by Crippen LogP contribution is 2.34. The Morgan fingerprint density at radius 1 is 1.16 bits per heavy atom. The predicted octanol–water partition coefficient (Wildman–Crippen LogP) is 4.36. The number of hydrogen-bond donors (Lipinski definition) is 1. The maximum Gasteiger partial charge on any atom is 0.416 e. The summed E-state index contributed by atoms with van der Waals surface area (Å²) in [7, 11) is -4.28. The van der Waals surface area contributed by atoms with Crippen molar-refractivity contribution in [1.29, 1.82) is 0 Å². The summed E-state index contributed by atoms with van der Waals surface area (Å²) in [5.74, 6) is -0.818. The molecule has 7 nitrogen and oxygen atoms in total. The number of rotatable bonds is 5. The van der Waals surface area contributed by atoms with Crippen LogP contribution in [0.2, 0.25) is 0 Å². The maximum absolute atomic E-state index is 13.4. The van der Waals surface area contributed by atoms with Crippen LogP contribution in [0.25, 0.3) is 22.0 Å². The van der Waals surface area contributed by atoms with E-state index in [0.717, 1.165) is 22.2 Å². The molecule has 0 atom stereocenters.